The van der Waals surface area contributed by atoms with E-state index in [1.54, 1.807) is 7.11 Å². The Balaban J connectivity index is 1.45. The summed E-state index contributed by atoms with van der Waals surface area (Å²) in [4.78, 5) is 28.3. The summed E-state index contributed by atoms with van der Waals surface area (Å²) in [6.07, 6.45) is 3.00. The predicted octanol–water partition coefficient (Wildman–Crippen LogP) is 2.83. The number of benzene rings is 1. The highest BCUT2D eigenvalue weighted by molar-refractivity contribution is 6.10. The molecule has 0 spiro atoms. The molecule has 1 aromatic carbocycles. The number of para-hydroxylation sites is 1. The van der Waals surface area contributed by atoms with Gasteiger partial charge in [0, 0.05) is 30.3 Å². The molecule has 1 aliphatic heterocycles. The summed E-state index contributed by atoms with van der Waals surface area (Å²) in [5.41, 5.74) is 3.85. The Hall–Kier alpha value is -2.76. The molecule has 1 amide bonds. The number of aryl methyl sites for hydroxylation is 2. The van der Waals surface area contributed by atoms with Crippen LogP contribution in [0.25, 0.3) is 0 Å². The molecule has 6 nitrogen and oxygen atoms in total. The summed E-state index contributed by atoms with van der Waals surface area (Å²) in [6, 6.07) is 5.86. The molecule has 0 saturated heterocycles. The van der Waals surface area contributed by atoms with E-state index in [-0.39, 0.29) is 17.6 Å². The van der Waals surface area contributed by atoms with E-state index in [1.807, 2.05) is 25.1 Å². The van der Waals surface area contributed by atoms with Gasteiger partial charge in [-0.3, -0.25) is 9.59 Å². The zero-order valence-electron chi connectivity index (χ0n) is 15.7. The number of aromatic nitrogens is 1. The number of amides is 1. The maximum Gasteiger partial charge on any atom is 0.253 e. The highest BCUT2D eigenvalue weighted by Gasteiger charge is 2.29. The second-order valence-corrected chi connectivity index (χ2v) is 7.29. The number of ether oxygens (including phenoxy) is 2. The average Bonchev–Trinajstić information content (AvgIpc) is 3.02. The maximum absolute atomic E-state index is 12.8. The number of fused-ring (bicyclic) bond motifs is 2. The number of carbonyl (C=O) groups is 2. The first-order valence-corrected chi connectivity index (χ1v) is 9.40. The minimum Gasteiger partial charge on any atom is -0.493 e. The van der Waals surface area contributed by atoms with Crippen molar-refractivity contribution in [2.45, 2.75) is 32.6 Å². The molecule has 2 heterocycles. The lowest BCUT2D eigenvalue weighted by Gasteiger charge is -2.26. The summed E-state index contributed by atoms with van der Waals surface area (Å²) < 4.78 is 11.2. The summed E-state index contributed by atoms with van der Waals surface area (Å²) >= 11 is 0. The zero-order chi connectivity index (χ0) is 19.0. The van der Waals surface area contributed by atoms with Gasteiger partial charge in [-0.1, -0.05) is 12.1 Å². The zero-order valence-corrected chi connectivity index (χ0v) is 15.7. The third-order valence-electron chi connectivity index (χ3n) is 5.41. The number of nitrogens with one attached hydrogen (secondary N) is 2. The maximum atomic E-state index is 12.8. The third-order valence-corrected chi connectivity index (χ3v) is 5.41. The average molecular weight is 368 g/mol. The Morgan fingerprint density at radius 3 is 3.04 bits per heavy atom. The van der Waals surface area contributed by atoms with Gasteiger partial charge in [0.05, 0.1) is 24.8 Å². The van der Waals surface area contributed by atoms with Gasteiger partial charge < -0.3 is 19.8 Å². The number of ketones is 1. The molecule has 1 aliphatic carbocycles. The monoisotopic (exact) mass is 368 g/mol. The van der Waals surface area contributed by atoms with Crippen molar-refractivity contribution < 1.29 is 19.1 Å². The van der Waals surface area contributed by atoms with E-state index in [0.29, 0.717) is 30.7 Å². The van der Waals surface area contributed by atoms with Crippen LogP contribution in [0.5, 0.6) is 11.5 Å². The number of hydrogen-bond donors (Lipinski definition) is 2. The molecule has 0 bridgehead atoms. The first kappa shape index (κ1) is 17.6. The first-order chi connectivity index (χ1) is 13.1. The van der Waals surface area contributed by atoms with Crippen LogP contribution in [0, 0.1) is 12.8 Å². The van der Waals surface area contributed by atoms with Crippen LogP contribution in [0.3, 0.4) is 0 Å². The number of Topliss-reactive ketones (excluding diaryl/α,β-unsaturated/α-hetero) is 1. The fraction of sp³-hybridized carbons (Fsp3) is 0.429. The van der Waals surface area contributed by atoms with Gasteiger partial charge in [-0.25, -0.2) is 0 Å². The summed E-state index contributed by atoms with van der Waals surface area (Å²) in [7, 11) is 1.63. The second kappa shape index (κ2) is 7.10. The van der Waals surface area contributed by atoms with E-state index in [0.717, 1.165) is 47.7 Å². The standard InChI is InChI=1S/C21H24N2O4/c1-12-18(19-15(23-12)6-4-7-16(19)24)21(25)22-10-13-9-14-5-3-8-17(26-2)20(14)27-11-13/h3,5,8,13,23H,4,6-7,9-11H2,1-2H3,(H,22,25). The smallest absolute Gasteiger partial charge is 0.253 e. The molecule has 2 aromatic rings. The van der Waals surface area contributed by atoms with Crippen LogP contribution in [-0.2, 0) is 12.8 Å². The van der Waals surface area contributed by atoms with Gasteiger partial charge in [-0.2, -0.15) is 0 Å². The van der Waals surface area contributed by atoms with Gasteiger partial charge in [0.2, 0.25) is 0 Å². The molecular formula is C21H24N2O4. The summed E-state index contributed by atoms with van der Waals surface area (Å²) in [5, 5.41) is 3.00. The molecule has 1 unspecified atom stereocenters. The third kappa shape index (κ3) is 3.20. The van der Waals surface area contributed by atoms with E-state index in [1.165, 1.54) is 0 Å². The molecule has 0 fully saturated rings. The molecule has 1 atom stereocenters. The fourth-order valence-corrected chi connectivity index (χ4v) is 4.09. The van der Waals surface area contributed by atoms with Crippen molar-refractivity contribution in [3.63, 3.8) is 0 Å². The molecule has 0 radical (unpaired) electrons. The second-order valence-electron chi connectivity index (χ2n) is 7.29. The van der Waals surface area contributed by atoms with Gasteiger partial charge in [0.1, 0.15) is 0 Å². The number of aromatic amines is 1. The van der Waals surface area contributed by atoms with Gasteiger partial charge in [-0.15, -0.1) is 0 Å². The molecule has 2 aliphatic rings. The molecular weight excluding hydrogens is 344 g/mol. The highest BCUT2D eigenvalue weighted by Crippen LogP contribution is 2.36. The Kier molecular flexibility index (Phi) is 4.64. The molecule has 2 N–H and O–H groups in total. The lowest BCUT2D eigenvalue weighted by molar-refractivity contribution is 0.0917. The van der Waals surface area contributed by atoms with Crippen LogP contribution in [0.15, 0.2) is 18.2 Å². The number of carbonyl (C=O) groups excluding carboxylic acids is 2. The van der Waals surface area contributed by atoms with Gasteiger partial charge in [0.25, 0.3) is 5.91 Å². The fourth-order valence-electron chi connectivity index (χ4n) is 4.09. The number of H-pyrrole nitrogens is 1. The van der Waals surface area contributed by atoms with Crippen molar-refractivity contribution in [2.75, 3.05) is 20.3 Å². The van der Waals surface area contributed by atoms with Crippen LogP contribution in [0.1, 0.15) is 50.5 Å². The van der Waals surface area contributed by atoms with Gasteiger partial charge in [0.15, 0.2) is 17.3 Å². The quantitative estimate of drug-likeness (QED) is 0.870. The number of hydrogen-bond acceptors (Lipinski definition) is 4. The van der Waals surface area contributed by atoms with Gasteiger partial charge in [-0.05, 0) is 37.8 Å². The SMILES string of the molecule is COc1cccc2c1OCC(CNC(=O)c1c(C)[nH]c3c1C(=O)CCC3)C2. The topological polar surface area (TPSA) is 80.4 Å². The van der Waals surface area contributed by atoms with E-state index in [2.05, 4.69) is 10.3 Å². The molecule has 6 heteroatoms. The van der Waals surface area contributed by atoms with Crippen LogP contribution in [0.4, 0.5) is 0 Å². The largest absolute Gasteiger partial charge is 0.493 e. The minimum atomic E-state index is -0.184. The first-order valence-electron chi connectivity index (χ1n) is 9.40. The molecule has 0 saturated carbocycles. The van der Waals surface area contributed by atoms with Crippen molar-refractivity contribution in [3.05, 3.63) is 46.3 Å². The Morgan fingerprint density at radius 2 is 2.22 bits per heavy atom. The Bertz CT molecular complexity index is 900. The number of rotatable bonds is 4. The molecule has 27 heavy (non-hydrogen) atoms. The normalized spacial score (nSPS) is 18.3. The van der Waals surface area contributed by atoms with Crippen LogP contribution in [0.2, 0.25) is 0 Å². The van der Waals surface area contributed by atoms with Crippen molar-refractivity contribution >= 4 is 11.7 Å². The van der Waals surface area contributed by atoms with Crippen LogP contribution >= 0.6 is 0 Å². The van der Waals surface area contributed by atoms with E-state index >= 15 is 0 Å². The van der Waals surface area contributed by atoms with Crippen molar-refractivity contribution in [3.8, 4) is 11.5 Å². The summed E-state index contributed by atoms with van der Waals surface area (Å²) in [5.74, 6) is 1.59. The van der Waals surface area contributed by atoms with E-state index < -0.39 is 0 Å². The lowest BCUT2D eigenvalue weighted by atomic mass is 9.92. The summed E-state index contributed by atoms with van der Waals surface area (Å²) in [6.45, 7) is 2.88. The minimum absolute atomic E-state index is 0.0628. The van der Waals surface area contributed by atoms with Gasteiger partial charge >= 0.3 is 0 Å². The van der Waals surface area contributed by atoms with Crippen molar-refractivity contribution in [1.82, 2.24) is 10.3 Å². The Labute approximate surface area is 158 Å². The van der Waals surface area contributed by atoms with E-state index in [9.17, 15) is 9.59 Å². The molecule has 4 rings (SSSR count). The molecule has 1 aromatic heterocycles. The number of methoxy groups -OCH3 is 1. The molecule has 142 valence electrons. The van der Waals surface area contributed by atoms with E-state index in [4.69, 9.17) is 9.47 Å². The lowest BCUT2D eigenvalue weighted by Crippen LogP contribution is -2.35. The van der Waals surface area contributed by atoms with Crippen molar-refractivity contribution in [1.29, 1.82) is 0 Å². The van der Waals surface area contributed by atoms with Crippen LogP contribution < -0.4 is 14.8 Å². The Morgan fingerprint density at radius 1 is 1.37 bits per heavy atom. The highest BCUT2D eigenvalue weighted by atomic mass is 16.5. The van der Waals surface area contributed by atoms with Crippen molar-refractivity contribution in [2.24, 2.45) is 5.92 Å². The predicted molar refractivity (Wildman–Crippen MR) is 101 cm³/mol. The van der Waals surface area contributed by atoms with Crippen LogP contribution in [-0.4, -0.2) is 36.9 Å².